The molecule has 0 rings (SSSR count). The van der Waals surface area contributed by atoms with Crippen LogP contribution in [0.5, 0.6) is 0 Å². The second kappa shape index (κ2) is 3.58. The average molecular weight is 213 g/mol. The third kappa shape index (κ3) is 2.92. The lowest BCUT2D eigenvalue weighted by molar-refractivity contribution is -0.876. The van der Waals surface area contributed by atoms with Crippen LogP contribution in [0.3, 0.4) is 0 Å². The van der Waals surface area contributed by atoms with Gasteiger partial charge in [0.1, 0.15) is 5.97 Å². The van der Waals surface area contributed by atoms with Crippen LogP contribution in [-0.4, -0.2) is 50.6 Å². The van der Waals surface area contributed by atoms with E-state index in [1.807, 2.05) is 0 Å². The second-order valence-corrected chi connectivity index (χ2v) is 4.94. The third-order valence-corrected chi connectivity index (χ3v) is 2.86. The van der Waals surface area contributed by atoms with Gasteiger partial charge in [0.2, 0.25) is 0 Å². The normalized spacial score (nSPS) is 15.4. The number of carboxylic acid groups (broad SMARTS) is 1. The highest BCUT2D eigenvalue weighted by Gasteiger charge is 2.39. The van der Waals surface area contributed by atoms with Gasteiger partial charge in [-0.25, -0.2) is 5.26 Å². The summed E-state index contributed by atoms with van der Waals surface area (Å²) in [5.74, 6) is -1.83. The van der Waals surface area contributed by atoms with Gasteiger partial charge in [-0.05, 0) is 0 Å². The van der Waals surface area contributed by atoms with Gasteiger partial charge in [0.05, 0.1) is 21.1 Å². The first-order valence-corrected chi connectivity index (χ1v) is 4.69. The Morgan fingerprint density at radius 3 is 1.92 bits per heavy atom. The molecule has 0 aliphatic carbocycles. The van der Waals surface area contributed by atoms with E-state index in [-0.39, 0.29) is 0 Å². The molecule has 8 heteroatoms. The van der Waals surface area contributed by atoms with Gasteiger partial charge in [-0.1, -0.05) is 0 Å². The lowest BCUT2D eigenvalue weighted by Gasteiger charge is -2.32. The summed E-state index contributed by atoms with van der Waals surface area (Å²) in [4.78, 5) is 10.5. The molecule has 1 N–H and O–H groups in total. The van der Waals surface area contributed by atoms with Crippen molar-refractivity contribution >= 4 is 16.1 Å². The number of nitrogens with zero attached hydrogens (tertiary/aromatic N) is 1. The topological polar surface area (TPSA) is 104 Å². The van der Waals surface area contributed by atoms with Crippen LogP contribution < -0.4 is 5.11 Å². The zero-order chi connectivity index (χ0) is 10.9. The van der Waals surface area contributed by atoms with E-state index in [4.69, 9.17) is 5.26 Å². The molecule has 0 aromatic heterocycles. The number of quaternary nitrogens is 1. The van der Waals surface area contributed by atoms with Crippen molar-refractivity contribution in [2.45, 2.75) is 5.37 Å². The number of carbonyl (C=O) groups is 1. The van der Waals surface area contributed by atoms with Gasteiger partial charge in [0.25, 0.3) is 5.37 Å². The summed E-state index contributed by atoms with van der Waals surface area (Å²) in [6.45, 7) is 0. The Balaban J connectivity index is 5.20. The first-order chi connectivity index (χ1) is 5.63. The van der Waals surface area contributed by atoms with Crippen LogP contribution in [0.1, 0.15) is 0 Å². The maximum absolute atomic E-state index is 10.9. The third-order valence-electron chi connectivity index (χ3n) is 1.28. The fourth-order valence-corrected chi connectivity index (χ4v) is 1.95. The Morgan fingerprint density at radius 1 is 1.46 bits per heavy atom. The summed E-state index contributed by atoms with van der Waals surface area (Å²) in [6, 6.07) is 0. The van der Waals surface area contributed by atoms with E-state index in [1.165, 1.54) is 21.1 Å². The summed E-state index contributed by atoms with van der Waals surface area (Å²) >= 11 is 0. The molecule has 0 heterocycles. The number of rotatable bonds is 4. The van der Waals surface area contributed by atoms with Crippen LogP contribution in [0.4, 0.5) is 0 Å². The van der Waals surface area contributed by atoms with E-state index >= 15 is 0 Å². The minimum Gasteiger partial charge on any atom is -0.543 e. The van der Waals surface area contributed by atoms with Crippen molar-refractivity contribution in [2.75, 3.05) is 21.1 Å². The van der Waals surface area contributed by atoms with Crippen LogP contribution in [0.2, 0.25) is 0 Å². The zero-order valence-corrected chi connectivity index (χ0v) is 8.24. The summed E-state index contributed by atoms with van der Waals surface area (Å²) in [5, 5.41) is 16.5. The number of likely N-dealkylation sites (N-methyl/N-ethyl adjacent to an activating group) is 1. The van der Waals surface area contributed by atoms with Crippen molar-refractivity contribution < 1.29 is 32.4 Å². The SMILES string of the molecule is C[N+](C)(C)C(C(=O)[O-])S(=O)(=O)OO. The standard InChI is InChI=1S/C5H11NO6S/c1-6(2,3)4(5(7)8)13(10,11)12-9/h4H,1-3H3,(H-,7,8,9). The predicted octanol–water partition coefficient (Wildman–Crippen LogP) is -2.41. The fourth-order valence-electron chi connectivity index (χ4n) is 0.862. The van der Waals surface area contributed by atoms with Crippen molar-refractivity contribution in [2.24, 2.45) is 0 Å². The Bertz CT molecular complexity index is 289. The summed E-state index contributed by atoms with van der Waals surface area (Å²) in [6.07, 6.45) is 0. The molecular weight excluding hydrogens is 202 g/mol. The molecule has 78 valence electrons. The predicted molar refractivity (Wildman–Crippen MR) is 39.5 cm³/mol. The highest BCUT2D eigenvalue weighted by molar-refractivity contribution is 7.87. The number of hydrogen-bond donors (Lipinski definition) is 1. The maximum atomic E-state index is 10.9. The van der Waals surface area contributed by atoms with E-state index in [0.29, 0.717) is 0 Å². The minimum absolute atomic E-state index is 0.467. The number of carbonyl (C=O) groups excluding carboxylic acids is 1. The highest BCUT2D eigenvalue weighted by Crippen LogP contribution is 2.11. The molecule has 0 radical (unpaired) electrons. The van der Waals surface area contributed by atoms with Gasteiger partial charge < -0.3 is 14.4 Å². The molecular formula is C5H11NO6S. The van der Waals surface area contributed by atoms with Crippen LogP contribution in [0, 0.1) is 0 Å². The van der Waals surface area contributed by atoms with E-state index < -0.39 is 25.9 Å². The van der Waals surface area contributed by atoms with E-state index in [0.717, 1.165) is 0 Å². The first-order valence-electron chi connectivity index (χ1n) is 3.22. The number of hydrogen-bond acceptors (Lipinski definition) is 6. The summed E-state index contributed by atoms with van der Waals surface area (Å²) < 4.78 is 24.4. The number of carboxylic acids is 1. The maximum Gasteiger partial charge on any atom is 0.353 e. The lowest BCUT2D eigenvalue weighted by Crippen LogP contribution is -2.58. The first kappa shape index (κ1) is 12.3. The van der Waals surface area contributed by atoms with Crippen molar-refractivity contribution in [1.82, 2.24) is 0 Å². The number of aliphatic carboxylic acids is 1. The molecule has 0 amide bonds. The van der Waals surface area contributed by atoms with Gasteiger partial charge in [-0.2, -0.15) is 8.42 Å². The summed E-state index contributed by atoms with van der Waals surface area (Å²) in [7, 11) is -0.602. The Hall–Kier alpha value is -0.700. The smallest absolute Gasteiger partial charge is 0.353 e. The monoisotopic (exact) mass is 213 g/mol. The van der Waals surface area contributed by atoms with Gasteiger partial charge in [0.15, 0.2) is 0 Å². The quantitative estimate of drug-likeness (QED) is 0.317. The molecule has 0 fully saturated rings. The molecule has 0 saturated heterocycles. The zero-order valence-electron chi connectivity index (χ0n) is 7.42. The van der Waals surface area contributed by atoms with Crippen molar-refractivity contribution in [3.8, 4) is 0 Å². The van der Waals surface area contributed by atoms with Gasteiger partial charge >= 0.3 is 10.1 Å². The van der Waals surface area contributed by atoms with Crippen molar-refractivity contribution in [3.63, 3.8) is 0 Å². The van der Waals surface area contributed by atoms with E-state index in [2.05, 4.69) is 4.33 Å². The van der Waals surface area contributed by atoms with Crippen LogP contribution in [0.15, 0.2) is 0 Å². The Morgan fingerprint density at radius 2 is 1.85 bits per heavy atom. The molecule has 0 aliphatic rings. The summed E-state index contributed by atoms with van der Waals surface area (Å²) in [5.41, 5.74) is 0. The van der Waals surface area contributed by atoms with Gasteiger partial charge in [0, 0.05) is 0 Å². The molecule has 1 unspecified atom stereocenters. The molecule has 1 atom stereocenters. The fraction of sp³-hybridized carbons (Fsp3) is 0.800. The molecule has 0 saturated carbocycles. The lowest BCUT2D eigenvalue weighted by atomic mass is 10.5. The molecule has 0 spiro atoms. The largest absolute Gasteiger partial charge is 0.543 e. The van der Waals surface area contributed by atoms with Crippen LogP contribution >= 0.6 is 0 Å². The molecule has 0 aromatic carbocycles. The van der Waals surface area contributed by atoms with Gasteiger partial charge in [-0.15, -0.1) is 4.33 Å². The minimum atomic E-state index is -4.55. The molecule has 0 aromatic rings. The molecule has 7 nitrogen and oxygen atoms in total. The average Bonchev–Trinajstić information content (AvgIpc) is 1.82. The molecule has 13 heavy (non-hydrogen) atoms. The second-order valence-electron chi connectivity index (χ2n) is 3.35. The van der Waals surface area contributed by atoms with Crippen LogP contribution in [0.25, 0.3) is 0 Å². The Labute approximate surface area is 75.8 Å². The molecule has 0 bridgehead atoms. The van der Waals surface area contributed by atoms with Crippen LogP contribution in [-0.2, 0) is 19.2 Å². The Kier molecular flexibility index (Phi) is 3.39. The van der Waals surface area contributed by atoms with E-state index in [1.54, 1.807) is 0 Å². The van der Waals surface area contributed by atoms with E-state index in [9.17, 15) is 18.3 Å². The van der Waals surface area contributed by atoms with Crippen molar-refractivity contribution in [3.05, 3.63) is 0 Å². The van der Waals surface area contributed by atoms with Crippen molar-refractivity contribution in [1.29, 1.82) is 0 Å². The molecule has 0 aliphatic heterocycles. The van der Waals surface area contributed by atoms with Gasteiger partial charge in [-0.3, -0.25) is 0 Å². The highest BCUT2D eigenvalue weighted by atomic mass is 32.2.